The van der Waals surface area contributed by atoms with Crippen LogP contribution in [0, 0.1) is 6.92 Å². The lowest BCUT2D eigenvalue weighted by Crippen LogP contribution is -2.45. The Morgan fingerprint density at radius 3 is 2.68 bits per heavy atom. The predicted molar refractivity (Wildman–Crippen MR) is 106 cm³/mol. The molecule has 0 aliphatic carbocycles. The Morgan fingerprint density at radius 1 is 1.28 bits per heavy atom. The number of rotatable bonds is 4. The Balaban J connectivity index is 1.68. The van der Waals surface area contributed by atoms with Crippen LogP contribution in [0.15, 0.2) is 42.6 Å². The van der Waals surface area contributed by atoms with Crippen molar-refractivity contribution in [2.24, 2.45) is 0 Å². The van der Waals surface area contributed by atoms with Crippen molar-refractivity contribution in [3.05, 3.63) is 58.7 Å². The summed E-state index contributed by atoms with van der Waals surface area (Å²) in [5, 5.41) is 7.73. The average molecular weight is 376 g/mol. The summed E-state index contributed by atoms with van der Waals surface area (Å²) in [6.45, 7) is 4.26. The van der Waals surface area contributed by atoms with Gasteiger partial charge < -0.3 is 15.4 Å². The van der Waals surface area contributed by atoms with Crippen LogP contribution < -0.4 is 10.6 Å². The van der Waals surface area contributed by atoms with Gasteiger partial charge in [-0.15, -0.1) is 0 Å². The summed E-state index contributed by atoms with van der Waals surface area (Å²) < 4.78 is 5.58. The molecule has 1 aromatic heterocycles. The Labute approximate surface area is 158 Å². The highest BCUT2D eigenvalue weighted by Crippen LogP contribution is 2.34. The molecule has 0 saturated carbocycles. The van der Waals surface area contributed by atoms with Crippen molar-refractivity contribution in [2.45, 2.75) is 25.2 Å². The molecule has 2 aromatic rings. The van der Waals surface area contributed by atoms with Gasteiger partial charge in [-0.3, -0.25) is 0 Å². The number of thiocarbonyl (C=S) groups is 1. The van der Waals surface area contributed by atoms with Gasteiger partial charge in [-0.1, -0.05) is 41.9 Å². The zero-order valence-corrected chi connectivity index (χ0v) is 15.8. The molecular formula is C19H22ClN3OS. The monoisotopic (exact) mass is 375 g/mol. The number of nitrogens with one attached hydrogen (secondary N) is 2. The lowest BCUT2D eigenvalue weighted by molar-refractivity contribution is 0.0515. The quantitative estimate of drug-likeness (QED) is 0.788. The second-order valence-corrected chi connectivity index (χ2v) is 7.23. The number of nitrogens with zero attached hydrogens (tertiary/aromatic N) is 1. The van der Waals surface area contributed by atoms with Crippen LogP contribution in [0.5, 0.6) is 0 Å². The Morgan fingerprint density at radius 2 is 2.00 bits per heavy atom. The number of aromatic nitrogens is 1. The summed E-state index contributed by atoms with van der Waals surface area (Å²) in [6, 6.07) is 12.5. The molecule has 3 rings (SSSR count). The second kappa shape index (κ2) is 8.13. The highest BCUT2D eigenvalue weighted by Gasteiger charge is 2.34. The van der Waals surface area contributed by atoms with Crippen molar-refractivity contribution in [1.82, 2.24) is 10.3 Å². The summed E-state index contributed by atoms with van der Waals surface area (Å²) in [5.74, 6) is 0.725. The van der Waals surface area contributed by atoms with E-state index in [-0.39, 0.29) is 5.41 Å². The normalized spacial score (nSPS) is 16.2. The number of pyridine rings is 1. The Bertz CT molecular complexity index is 733. The number of ether oxygens (including phenoxy) is 1. The van der Waals surface area contributed by atoms with Gasteiger partial charge in [-0.2, -0.15) is 0 Å². The largest absolute Gasteiger partial charge is 0.381 e. The van der Waals surface area contributed by atoms with Gasteiger partial charge in [0.15, 0.2) is 5.11 Å². The van der Waals surface area contributed by atoms with Gasteiger partial charge in [0.05, 0.1) is 5.02 Å². The molecule has 1 saturated heterocycles. The maximum absolute atomic E-state index is 5.95. The zero-order chi connectivity index (χ0) is 17.7. The highest BCUT2D eigenvalue weighted by molar-refractivity contribution is 7.80. The van der Waals surface area contributed by atoms with Crippen LogP contribution in [-0.4, -0.2) is 29.9 Å². The van der Waals surface area contributed by atoms with E-state index in [0.29, 0.717) is 10.1 Å². The maximum atomic E-state index is 5.95. The molecule has 6 heteroatoms. The summed E-state index contributed by atoms with van der Waals surface area (Å²) in [5.41, 5.74) is 2.32. The molecule has 1 aromatic carbocycles. The van der Waals surface area contributed by atoms with Crippen LogP contribution in [0.4, 0.5) is 5.82 Å². The van der Waals surface area contributed by atoms with Gasteiger partial charge in [-0.25, -0.2) is 4.98 Å². The third-order valence-electron chi connectivity index (χ3n) is 4.70. The van der Waals surface area contributed by atoms with Gasteiger partial charge in [0.25, 0.3) is 0 Å². The molecule has 0 atom stereocenters. The van der Waals surface area contributed by atoms with Crippen LogP contribution in [0.2, 0.25) is 5.02 Å². The number of hydrogen-bond donors (Lipinski definition) is 2. The van der Waals surface area contributed by atoms with E-state index in [4.69, 9.17) is 28.6 Å². The molecule has 0 bridgehead atoms. The first-order valence-electron chi connectivity index (χ1n) is 8.39. The fourth-order valence-corrected chi connectivity index (χ4v) is 3.58. The molecule has 1 aliphatic heterocycles. The number of anilines is 1. The molecule has 1 fully saturated rings. The highest BCUT2D eigenvalue weighted by atomic mass is 35.5. The Kier molecular flexibility index (Phi) is 5.89. The minimum absolute atomic E-state index is 0.0354. The van der Waals surface area contributed by atoms with Crippen LogP contribution in [-0.2, 0) is 10.2 Å². The number of aryl methyl sites for hydroxylation is 1. The summed E-state index contributed by atoms with van der Waals surface area (Å²) >= 11 is 11.4. The predicted octanol–water partition coefficient (Wildman–Crippen LogP) is 4.08. The van der Waals surface area contributed by atoms with Crippen molar-refractivity contribution in [2.75, 3.05) is 25.1 Å². The van der Waals surface area contributed by atoms with E-state index in [2.05, 4.69) is 39.9 Å². The summed E-state index contributed by atoms with van der Waals surface area (Å²) in [6.07, 6.45) is 3.57. The third kappa shape index (κ3) is 4.48. The van der Waals surface area contributed by atoms with Crippen LogP contribution in [0.3, 0.4) is 0 Å². The first-order chi connectivity index (χ1) is 12.1. The van der Waals surface area contributed by atoms with E-state index in [1.807, 2.05) is 19.1 Å². The lowest BCUT2D eigenvalue weighted by Gasteiger charge is -2.38. The average Bonchev–Trinajstić information content (AvgIpc) is 2.64. The zero-order valence-electron chi connectivity index (χ0n) is 14.2. The first kappa shape index (κ1) is 18.1. The smallest absolute Gasteiger partial charge is 0.171 e. The second-order valence-electron chi connectivity index (χ2n) is 6.39. The van der Waals surface area contributed by atoms with Crippen LogP contribution in [0.1, 0.15) is 24.0 Å². The molecule has 132 valence electrons. The minimum atomic E-state index is 0.0354. The third-order valence-corrected chi connectivity index (χ3v) is 5.15. The molecule has 0 amide bonds. The van der Waals surface area contributed by atoms with Crippen LogP contribution in [0.25, 0.3) is 0 Å². The van der Waals surface area contributed by atoms with Crippen molar-refractivity contribution < 1.29 is 4.74 Å². The molecule has 4 nitrogen and oxygen atoms in total. The van der Waals surface area contributed by atoms with Crippen molar-refractivity contribution in [3.63, 3.8) is 0 Å². The Hall–Kier alpha value is -1.69. The standard InChI is InChI=1S/C19H22ClN3OS/c1-14-11-16(20)12-21-17(14)23-18(25)22-13-19(7-9-24-10-8-19)15-5-3-2-4-6-15/h2-6,11-12H,7-10,13H2,1H3,(H2,21,22,23,25). The SMILES string of the molecule is Cc1cc(Cl)cnc1NC(=S)NCC1(c2ccccc2)CCOCC1. The molecule has 0 radical (unpaired) electrons. The number of hydrogen-bond acceptors (Lipinski definition) is 3. The topological polar surface area (TPSA) is 46.2 Å². The van der Waals surface area contributed by atoms with E-state index in [1.54, 1.807) is 6.20 Å². The molecule has 0 spiro atoms. The van der Waals surface area contributed by atoms with Crippen molar-refractivity contribution >= 4 is 34.7 Å². The van der Waals surface area contributed by atoms with Crippen LogP contribution >= 0.6 is 23.8 Å². The fraction of sp³-hybridized carbons (Fsp3) is 0.368. The molecule has 0 unspecified atom stereocenters. The minimum Gasteiger partial charge on any atom is -0.381 e. The van der Waals surface area contributed by atoms with E-state index in [0.717, 1.165) is 44.0 Å². The van der Waals surface area contributed by atoms with E-state index >= 15 is 0 Å². The molecule has 2 heterocycles. The number of halogens is 1. The van der Waals surface area contributed by atoms with Crippen molar-refractivity contribution in [3.8, 4) is 0 Å². The summed E-state index contributed by atoms with van der Waals surface area (Å²) in [7, 11) is 0. The fourth-order valence-electron chi connectivity index (χ4n) is 3.19. The lowest BCUT2D eigenvalue weighted by atomic mass is 9.74. The van der Waals surface area contributed by atoms with Crippen molar-refractivity contribution in [1.29, 1.82) is 0 Å². The first-order valence-corrected chi connectivity index (χ1v) is 9.18. The van der Waals surface area contributed by atoms with Gasteiger partial charge in [0.1, 0.15) is 5.82 Å². The number of benzene rings is 1. The maximum Gasteiger partial charge on any atom is 0.171 e. The van der Waals surface area contributed by atoms with E-state index in [1.165, 1.54) is 5.56 Å². The van der Waals surface area contributed by atoms with Gasteiger partial charge in [0, 0.05) is 31.4 Å². The molecule has 25 heavy (non-hydrogen) atoms. The van der Waals surface area contributed by atoms with Gasteiger partial charge in [-0.05, 0) is 49.2 Å². The van der Waals surface area contributed by atoms with Gasteiger partial charge >= 0.3 is 0 Å². The molecule has 1 aliphatic rings. The summed E-state index contributed by atoms with van der Waals surface area (Å²) in [4.78, 5) is 4.30. The van der Waals surface area contributed by atoms with E-state index in [9.17, 15) is 0 Å². The molecule has 2 N–H and O–H groups in total. The molecular weight excluding hydrogens is 354 g/mol. The van der Waals surface area contributed by atoms with E-state index < -0.39 is 0 Å². The van der Waals surface area contributed by atoms with Gasteiger partial charge in [0.2, 0.25) is 0 Å².